The number of carbonyl (C=O) groups is 1. The van der Waals surface area contributed by atoms with E-state index in [4.69, 9.17) is 5.73 Å². The van der Waals surface area contributed by atoms with Gasteiger partial charge in [-0.15, -0.1) is 0 Å². The number of esters is 1. The van der Waals surface area contributed by atoms with E-state index in [-0.39, 0.29) is 6.04 Å². The van der Waals surface area contributed by atoms with Crippen LogP contribution >= 0.6 is 0 Å². The zero-order valence-electron chi connectivity index (χ0n) is 7.68. The van der Waals surface area contributed by atoms with E-state index in [1.807, 2.05) is 6.92 Å². The average molecular weight is 183 g/mol. The molecule has 0 aliphatic heterocycles. The predicted molar refractivity (Wildman–Crippen MR) is 46.9 cm³/mol. The SMILES string of the molecule is COC(=O)[C@H](N)[C@H](C)n1cccn1. The quantitative estimate of drug-likeness (QED) is 0.667. The van der Waals surface area contributed by atoms with Crippen molar-refractivity contribution in [2.75, 3.05) is 7.11 Å². The number of ether oxygens (including phenoxy) is 1. The molecule has 0 saturated carbocycles. The fraction of sp³-hybridized carbons (Fsp3) is 0.500. The van der Waals surface area contributed by atoms with Crippen molar-refractivity contribution in [3.05, 3.63) is 18.5 Å². The maximum Gasteiger partial charge on any atom is 0.324 e. The van der Waals surface area contributed by atoms with E-state index in [0.29, 0.717) is 0 Å². The van der Waals surface area contributed by atoms with E-state index < -0.39 is 12.0 Å². The van der Waals surface area contributed by atoms with Gasteiger partial charge in [-0.05, 0) is 13.0 Å². The van der Waals surface area contributed by atoms with Gasteiger partial charge in [-0.2, -0.15) is 5.10 Å². The fourth-order valence-electron chi connectivity index (χ4n) is 1.02. The number of methoxy groups -OCH3 is 1. The Bertz CT molecular complexity index is 271. The first kappa shape index (κ1) is 9.73. The molecule has 2 N–H and O–H groups in total. The first-order chi connectivity index (χ1) is 6.16. The van der Waals surface area contributed by atoms with E-state index in [2.05, 4.69) is 9.84 Å². The van der Waals surface area contributed by atoms with Gasteiger partial charge in [0, 0.05) is 12.4 Å². The van der Waals surface area contributed by atoms with Crippen molar-refractivity contribution >= 4 is 5.97 Å². The first-order valence-electron chi connectivity index (χ1n) is 3.99. The Morgan fingerprint density at radius 3 is 2.85 bits per heavy atom. The van der Waals surface area contributed by atoms with Gasteiger partial charge < -0.3 is 10.5 Å². The second-order valence-corrected chi connectivity index (χ2v) is 2.78. The molecule has 72 valence electrons. The minimum Gasteiger partial charge on any atom is -0.468 e. The highest BCUT2D eigenvalue weighted by atomic mass is 16.5. The van der Waals surface area contributed by atoms with Crippen LogP contribution < -0.4 is 5.73 Å². The van der Waals surface area contributed by atoms with E-state index in [0.717, 1.165) is 0 Å². The van der Waals surface area contributed by atoms with Crippen LogP contribution in [0.25, 0.3) is 0 Å². The normalized spacial score (nSPS) is 15.0. The largest absolute Gasteiger partial charge is 0.468 e. The minimum atomic E-state index is -0.676. The summed E-state index contributed by atoms with van der Waals surface area (Å²) in [6.45, 7) is 1.81. The molecule has 5 nitrogen and oxygen atoms in total. The van der Waals surface area contributed by atoms with Gasteiger partial charge in [0.05, 0.1) is 13.2 Å². The molecule has 0 radical (unpaired) electrons. The lowest BCUT2D eigenvalue weighted by Crippen LogP contribution is -2.39. The monoisotopic (exact) mass is 183 g/mol. The number of carbonyl (C=O) groups excluding carboxylic acids is 1. The maximum atomic E-state index is 11.1. The Morgan fingerprint density at radius 1 is 1.69 bits per heavy atom. The third-order valence-electron chi connectivity index (χ3n) is 1.94. The highest BCUT2D eigenvalue weighted by Crippen LogP contribution is 2.08. The van der Waals surface area contributed by atoms with Crippen molar-refractivity contribution < 1.29 is 9.53 Å². The summed E-state index contributed by atoms with van der Waals surface area (Å²) in [5.74, 6) is -0.428. The minimum absolute atomic E-state index is 0.192. The van der Waals surface area contributed by atoms with Crippen LogP contribution in [0.4, 0.5) is 0 Å². The molecule has 13 heavy (non-hydrogen) atoms. The highest BCUT2D eigenvalue weighted by Gasteiger charge is 2.22. The molecule has 2 atom stereocenters. The molecule has 0 unspecified atom stereocenters. The van der Waals surface area contributed by atoms with Gasteiger partial charge in [0.2, 0.25) is 0 Å². The Balaban J connectivity index is 2.68. The van der Waals surface area contributed by atoms with E-state index in [1.165, 1.54) is 7.11 Å². The third-order valence-corrected chi connectivity index (χ3v) is 1.94. The molecule has 5 heteroatoms. The topological polar surface area (TPSA) is 70.1 Å². The molecule has 0 spiro atoms. The molecular formula is C8H13N3O2. The number of hydrogen-bond acceptors (Lipinski definition) is 4. The van der Waals surface area contributed by atoms with Gasteiger partial charge in [0.15, 0.2) is 0 Å². The predicted octanol–water partition coefficient (Wildman–Crippen LogP) is -0.0556. The Morgan fingerprint density at radius 2 is 2.38 bits per heavy atom. The lowest BCUT2D eigenvalue weighted by atomic mass is 10.1. The van der Waals surface area contributed by atoms with E-state index in [9.17, 15) is 4.79 Å². The fourth-order valence-corrected chi connectivity index (χ4v) is 1.02. The smallest absolute Gasteiger partial charge is 0.324 e. The van der Waals surface area contributed by atoms with Gasteiger partial charge >= 0.3 is 5.97 Å². The number of nitrogens with two attached hydrogens (primary N) is 1. The number of nitrogens with zero attached hydrogens (tertiary/aromatic N) is 2. The second-order valence-electron chi connectivity index (χ2n) is 2.78. The summed E-state index contributed by atoms with van der Waals surface area (Å²) in [7, 11) is 1.32. The summed E-state index contributed by atoms with van der Waals surface area (Å²) < 4.78 is 6.15. The molecule has 1 heterocycles. The average Bonchev–Trinajstić information content (AvgIpc) is 2.67. The maximum absolute atomic E-state index is 11.1. The van der Waals surface area contributed by atoms with Gasteiger partial charge in [0.25, 0.3) is 0 Å². The lowest BCUT2D eigenvalue weighted by Gasteiger charge is -2.17. The Kier molecular flexibility index (Phi) is 3.02. The molecule has 0 aromatic carbocycles. The number of hydrogen-bond donors (Lipinski definition) is 1. The summed E-state index contributed by atoms with van der Waals surface area (Å²) >= 11 is 0. The molecular weight excluding hydrogens is 170 g/mol. The van der Waals surface area contributed by atoms with Crippen LogP contribution in [0.1, 0.15) is 13.0 Å². The second kappa shape index (κ2) is 4.04. The molecule has 1 aromatic rings. The van der Waals surface area contributed by atoms with Crippen molar-refractivity contribution in [2.24, 2.45) is 5.73 Å². The standard InChI is InChI=1S/C8H13N3O2/c1-6(7(9)8(12)13-2)11-5-3-4-10-11/h3-7H,9H2,1-2H3/t6-,7+/m0/s1. The van der Waals surface area contributed by atoms with Gasteiger partial charge in [0.1, 0.15) is 6.04 Å². The number of aromatic nitrogens is 2. The molecule has 0 amide bonds. The molecule has 0 aliphatic carbocycles. The van der Waals surface area contributed by atoms with E-state index >= 15 is 0 Å². The Labute approximate surface area is 76.5 Å². The van der Waals surface area contributed by atoms with Crippen LogP contribution in [-0.2, 0) is 9.53 Å². The Hall–Kier alpha value is -1.36. The molecule has 0 saturated heterocycles. The highest BCUT2D eigenvalue weighted by molar-refractivity contribution is 5.75. The summed E-state index contributed by atoms with van der Waals surface area (Å²) in [6.07, 6.45) is 3.40. The summed E-state index contributed by atoms with van der Waals surface area (Å²) in [5, 5.41) is 3.98. The summed E-state index contributed by atoms with van der Waals surface area (Å²) in [5.41, 5.74) is 5.63. The van der Waals surface area contributed by atoms with Crippen molar-refractivity contribution in [3.8, 4) is 0 Å². The van der Waals surface area contributed by atoms with Crippen LogP contribution in [0.3, 0.4) is 0 Å². The van der Waals surface area contributed by atoms with Crippen molar-refractivity contribution in [3.63, 3.8) is 0 Å². The molecule has 0 aliphatic rings. The molecule has 0 bridgehead atoms. The van der Waals surface area contributed by atoms with E-state index in [1.54, 1.807) is 23.1 Å². The van der Waals surface area contributed by atoms with Crippen molar-refractivity contribution in [1.29, 1.82) is 0 Å². The number of rotatable bonds is 3. The van der Waals surface area contributed by atoms with Gasteiger partial charge in [-0.3, -0.25) is 9.48 Å². The zero-order valence-corrected chi connectivity index (χ0v) is 7.68. The summed E-state index contributed by atoms with van der Waals surface area (Å²) in [6, 6.07) is 0.910. The van der Waals surface area contributed by atoms with Gasteiger partial charge in [-0.25, -0.2) is 0 Å². The van der Waals surface area contributed by atoms with Crippen molar-refractivity contribution in [1.82, 2.24) is 9.78 Å². The first-order valence-corrected chi connectivity index (χ1v) is 3.99. The van der Waals surface area contributed by atoms with Gasteiger partial charge in [-0.1, -0.05) is 0 Å². The van der Waals surface area contributed by atoms with Crippen LogP contribution in [0.15, 0.2) is 18.5 Å². The van der Waals surface area contributed by atoms with Crippen LogP contribution in [0, 0.1) is 0 Å². The van der Waals surface area contributed by atoms with Crippen LogP contribution in [0.2, 0.25) is 0 Å². The van der Waals surface area contributed by atoms with Crippen molar-refractivity contribution in [2.45, 2.75) is 19.0 Å². The molecule has 0 fully saturated rings. The third kappa shape index (κ3) is 2.06. The molecule has 1 aromatic heterocycles. The zero-order chi connectivity index (χ0) is 9.84. The summed E-state index contributed by atoms with van der Waals surface area (Å²) in [4.78, 5) is 11.1. The molecule has 1 rings (SSSR count). The lowest BCUT2D eigenvalue weighted by molar-refractivity contribution is -0.143. The van der Waals surface area contributed by atoms with Crippen LogP contribution in [0.5, 0.6) is 0 Å². The van der Waals surface area contributed by atoms with Crippen LogP contribution in [-0.4, -0.2) is 28.9 Å².